The molecular weight excluding hydrogens is 559 g/mol. The number of unbranched alkanes of at least 4 members (excludes halogenated alkanes) is 1. The van der Waals surface area contributed by atoms with Crippen molar-refractivity contribution < 1.29 is 62.3 Å². The van der Waals surface area contributed by atoms with Crippen molar-refractivity contribution >= 4 is 28.2 Å². The first-order valence-electron chi connectivity index (χ1n) is 12.3. The second-order valence-corrected chi connectivity index (χ2v) is 11.3. The van der Waals surface area contributed by atoms with Gasteiger partial charge in [-0.15, -0.1) is 0 Å². The molecule has 0 aliphatic rings. The fourth-order valence-electron chi connectivity index (χ4n) is 4.05. The molecule has 4 aromatic carbocycles. The van der Waals surface area contributed by atoms with Gasteiger partial charge < -0.3 is 19.5 Å². The minimum Gasteiger partial charge on any atom is -0.744 e. The predicted molar refractivity (Wildman–Crippen MR) is 148 cm³/mol. The van der Waals surface area contributed by atoms with E-state index in [0.717, 1.165) is 29.5 Å². The van der Waals surface area contributed by atoms with Crippen LogP contribution in [0.4, 0.5) is 0 Å². The van der Waals surface area contributed by atoms with E-state index in [-0.39, 0.29) is 56.2 Å². The number of aliphatic hydroxyl groups is 1. The standard InChI is InChI=1S/C30H28O7S2.Na/c1-2-3-16-37-22-10-12-23(13-11-22)38-28-15-9-21(18-29(28)39(34,35)36)24-6-4-5-7-25(24)30(33)26-17-20(19-31)8-14-27(26)32;/h4-15,17-19,30,32-33H,2-3,16H2,1H3,(H,34,35,36);/q;+1/p-1. The van der Waals surface area contributed by atoms with Crippen LogP contribution in [-0.2, 0) is 10.1 Å². The van der Waals surface area contributed by atoms with Gasteiger partial charge in [0.2, 0.25) is 0 Å². The molecule has 7 nitrogen and oxygen atoms in total. The summed E-state index contributed by atoms with van der Waals surface area (Å²) in [5.74, 6) is 0.513. The molecule has 0 radical (unpaired) electrons. The summed E-state index contributed by atoms with van der Waals surface area (Å²) in [6.07, 6.45) is 1.26. The van der Waals surface area contributed by atoms with Gasteiger partial charge in [0.05, 0.1) is 11.5 Å². The molecule has 0 saturated heterocycles. The van der Waals surface area contributed by atoms with Crippen LogP contribution in [0.2, 0.25) is 0 Å². The second-order valence-electron chi connectivity index (χ2n) is 8.82. The second kappa shape index (κ2) is 14.3. The number of benzene rings is 4. The monoisotopic (exact) mass is 586 g/mol. The number of hydrogen-bond donors (Lipinski definition) is 2. The number of phenols is 1. The van der Waals surface area contributed by atoms with Crippen LogP contribution >= 0.6 is 11.8 Å². The SMILES string of the molecule is CCCCOc1ccc(Sc2ccc(-c3ccccc3C(O)c3cc(C=O)ccc3O)cc2S(=O)(=O)[O-])cc1.[Na+]. The summed E-state index contributed by atoms with van der Waals surface area (Å²) < 4.78 is 42.5. The Hall–Kier alpha value is -2.63. The van der Waals surface area contributed by atoms with E-state index < -0.39 is 16.2 Å². The Morgan fingerprint density at radius 1 is 0.975 bits per heavy atom. The number of carbonyl (C=O) groups excluding carboxylic acids is 1. The predicted octanol–water partition coefficient (Wildman–Crippen LogP) is 3.19. The van der Waals surface area contributed by atoms with Crippen LogP contribution in [0.5, 0.6) is 11.5 Å². The van der Waals surface area contributed by atoms with Crippen molar-refractivity contribution in [3.63, 3.8) is 0 Å². The summed E-state index contributed by atoms with van der Waals surface area (Å²) in [7, 11) is -4.85. The molecule has 202 valence electrons. The van der Waals surface area contributed by atoms with Crippen LogP contribution in [0.1, 0.15) is 47.4 Å². The molecule has 0 fully saturated rings. The van der Waals surface area contributed by atoms with E-state index in [0.29, 0.717) is 35.3 Å². The molecule has 0 saturated carbocycles. The third kappa shape index (κ3) is 7.76. The van der Waals surface area contributed by atoms with Gasteiger partial charge in [-0.25, -0.2) is 8.42 Å². The third-order valence-corrected chi connectivity index (χ3v) is 8.17. The van der Waals surface area contributed by atoms with E-state index in [2.05, 4.69) is 6.92 Å². The molecule has 0 bridgehead atoms. The smallest absolute Gasteiger partial charge is 0.744 e. The molecule has 0 heterocycles. The van der Waals surface area contributed by atoms with Crippen LogP contribution in [0.15, 0.2) is 99.6 Å². The molecule has 0 aliphatic carbocycles. The van der Waals surface area contributed by atoms with Crippen molar-refractivity contribution in [2.75, 3.05) is 6.61 Å². The van der Waals surface area contributed by atoms with Crippen LogP contribution in [0.25, 0.3) is 11.1 Å². The normalized spacial score (nSPS) is 11.9. The Balaban J connectivity index is 0.00000441. The average Bonchev–Trinajstić information content (AvgIpc) is 2.94. The molecule has 0 amide bonds. The van der Waals surface area contributed by atoms with Gasteiger partial charge in [-0.05, 0) is 77.7 Å². The maximum Gasteiger partial charge on any atom is 1.00 e. The molecule has 0 aliphatic heterocycles. The van der Waals surface area contributed by atoms with Crippen molar-refractivity contribution in [2.45, 2.75) is 40.6 Å². The Morgan fingerprint density at radius 2 is 1.70 bits per heavy atom. The zero-order valence-electron chi connectivity index (χ0n) is 22.1. The summed E-state index contributed by atoms with van der Waals surface area (Å²) in [6.45, 7) is 2.69. The minimum atomic E-state index is -4.85. The topological polar surface area (TPSA) is 124 Å². The van der Waals surface area contributed by atoms with Gasteiger partial charge in [-0.1, -0.05) is 55.4 Å². The third-order valence-electron chi connectivity index (χ3n) is 6.08. The number of hydrogen-bond acceptors (Lipinski definition) is 8. The fourth-order valence-corrected chi connectivity index (χ4v) is 5.89. The first-order chi connectivity index (χ1) is 18.7. The Morgan fingerprint density at radius 3 is 2.38 bits per heavy atom. The molecule has 0 aromatic heterocycles. The molecular formula is C30H27NaO7S2. The van der Waals surface area contributed by atoms with Crippen molar-refractivity contribution in [2.24, 2.45) is 0 Å². The number of carbonyl (C=O) groups is 1. The van der Waals surface area contributed by atoms with Crippen LogP contribution in [0.3, 0.4) is 0 Å². The fraction of sp³-hybridized carbons (Fsp3) is 0.167. The molecule has 4 rings (SSSR count). The van der Waals surface area contributed by atoms with E-state index in [9.17, 15) is 28.0 Å². The first-order valence-corrected chi connectivity index (χ1v) is 14.5. The summed E-state index contributed by atoms with van der Waals surface area (Å²) in [4.78, 5) is 11.8. The Labute approximate surface area is 260 Å². The molecule has 2 N–H and O–H groups in total. The van der Waals surface area contributed by atoms with Crippen LogP contribution < -0.4 is 34.3 Å². The number of aldehydes is 1. The van der Waals surface area contributed by atoms with Gasteiger partial charge in [-0.3, -0.25) is 4.79 Å². The summed E-state index contributed by atoms with van der Waals surface area (Å²) in [6, 6.07) is 22.6. The number of aromatic hydroxyl groups is 1. The number of rotatable bonds is 11. The number of aliphatic hydroxyl groups excluding tert-OH is 1. The van der Waals surface area contributed by atoms with Gasteiger partial charge >= 0.3 is 29.6 Å². The van der Waals surface area contributed by atoms with E-state index in [1.807, 2.05) is 0 Å². The molecule has 4 aromatic rings. The largest absolute Gasteiger partial charge is 1.00 e. The molecule has 40 heavy (non-hydrogen) atoms. The van der Waals surface area contributed by atoms with Crippen molar-refractivity contribution in [1.29, 1.82) is 0 Å². The van der Waals surface area contributed by atoms with Gasteiger partial charge in [0.15, 0.2) is 0 Å². The van der Waals surface area contributed by atoms with E-state index in [1.165, 1.54) is 24.3 Å². The van der Waals surface area contributed by atoms with Crippen molar-refractivity contribution in [3.05, 3.63) is 102 Å². The van der Waals surface area contributed by atoms with Crippen molar-refractivity contribution in [3.8, 4) is 22.6 Å². The average molecular weight is 587 g/mol. The summed E-state index contributed by atoms with van der Waals surface area (Å²) in [5.41, 5.74) is 1.63. The number of phenolic OH excluding ortho intramolecular Hbond substituents is 1. The van der Waals surface area contributed by atoms with Crippen molar-refractivity contribution in [1.82, 2.24) is 0 Å². The minimum absolute atomic E-state index is 0. The molecule has 1 atom stereocenters. The maximum absolute atomic E-state index is 12.3. The van der Waals surface area contributed by atoms with Crippen LogP contribution in [0, 0.1) is 0 Å². The van der Waals surface area contributed by atoms with Gasteiger partial charge in [0.1, 0.15) is 34.0 Å². The Kier molecular flexibility index (Phi) is 11.4. The maximum atomic E-state index is 12.3. The van der Waals surface area contributed by atoms with E-state index in [4.69, 9.17) is 4.74 Å². The zero-order chi connectivity index (χ0) is 28.0. The molecule has 1 unspecified atom stereocenters. The van der Waals surface area contributed by atoms with Crippen LogP contribution in [-0.4, -0.2) is 36.1 Å². The van der Waals surface area contributed by atoms with Gasteiger partial charge in [0.25, 0.3) is 0 Å². The molecule has 10 heteroatoms. The first kappa shape index (κ1) is 31.9. The van der Waals surface area contributed by atoms with Gasteiger partial charge in [0, 0.05) is 20.9 Å². The number of ether oxygens (including phenoxy) is 1. The Bertz CT molecular complexity index is 1570. The van der Waals surface area contributed by atoms with Gasteiger partial charge in [-0.2, -0.15) is 0 Å². The summed E-state index contributed by atoms with van der Waals surface area (Å²) in [5, 5.41) is 21.4. The van der Waals surface area contributed by atoms with E-state index >= 15 is 0 Å². The zero-order valence-corrected chi connectivity index (χ0v) is 25.7. The van der Waals surface area contributed by atoms with E-state index in [1.54, 1.807) is 60.7 Å². The summed E-state index contributed by atoms with van der Waals surface area (Å²) >= 11 is 1.15. The molecule has 0 spiro atoms. The quantitative estimate of drug-likeness (QED) is 0.119.